The molecule has 0 atom stereocenters. The molecule has 0 aliphatic heterocycles. The van der Waals surface area contributed by atoms with Crippen LogP contribution < -0.4 is 0 Å². The van der Waals surface area contributed by atoms with Gasteiger partial charge in [0.05, 0.1) is 0 Å². The Bertz CT molecular complexity index is 403. The van der Waals surface area contributed by atoms with E-state index < -0.39 is 16.4 Å². The topological polar surface area (TPSA) is 144 Å². The molecule has 0 rings (SSSR count). The number of hydrogen-bond donors (Lipinski definition) is 1. The molecule has 5 N–H and O–H groups in total. The second kappa shape index (κ2) is 24.6. The van der Waals surface area contributed by atoms with Gasteiger partial charge in [-0.2, -0.15) is 8.42 Å². The van der Waals surface area contributed by atoms with Crippen molar-refractivity contribution in [2.45, 2.75) is 110 Å². The van der Waals surface area contributed by atoms with E-state index in [-0.39, 0.29) is 55.1 Å². The first kappa shape index (κ1) is 35.0. The minimum atomic E-state index is -4.64. The fourth-order valence-electron chi connectivity index (χ4n) is 2.80. The number of carbonyl (C=O) groups is 1. The van der Waals surface area contributed by atoms with Crippen LogP contribution >= 0.6 is 0 Å². The van der Waals surface area contributed by atoms with Gasteiger partial charge in [0, 0.05) is 6.42 Å². The summed E-state index contributed by atoms with van der Waals surface area (Å²) in [4.78, 5) is 11.0. The summed E-state index contributed by atoms with van der Waals surface area (Å²) >= 11 is 0. The van der Waals surface area contributed by atoms with Crippen molar-refractivity contribution in [1.82, 2.24) is 0 Å². The van der Waals surface area contributed by atoms with E-state index in [4.69, 9.17) is 4.55 Å². The van der Waals surface area contributed by atoms with Crippen molar-refractivity contribution >= 4 is 54.1 Å². The van der Waals surface area contributed by atoms with Gasteiger partial charge in [-0.1, -0.05) is 96.8 Å². The Morgan fingerprint density at radius 2 is 1.00 bits per heavy atom. The number of rotatable bonds is 17. The quantitative estimate of drug-likeness (QED) is 0.209. The number of carbonyl (C=O) groups excluding carboxylic acids is 1. The van der Waals surface area contributed by atoms with Gasteiger partial charge in [-0.25, -0.2) is 0 Å². The minimum absolute atomic E-state index is 0. The van der Waals surface area contributed by atoms with Crippen LogP contribution in [0.25, 0.3) is 0 Å². The summed E-state index contributed by atoms with van der Waals surface area (Å²) in [6.45, 7) is 2.25. The molecule has 0 spiro atoms. The Hall–Kier alpha value is 0.560. The summed E-state index contributed by atoms with van der Waals surface area (Å²) < 4.78 is 32.8. The van der Waals surface area contributed by atoms with E-state index in [0.717, 1.165) is 19.3 Å². The Morgan fingerprint density at radius 3 is 1.30 bits per heavy atom. The second-order valence-electron chi connectivity index (χ2n) is 6.58. The van der Waals surface area contributed by atoms with Gasteiger partial charge in [-0.15, -0.1) is 0 Å². The first-order chi connectivity index (χ1) is 11.5. The molecule has 0 saturated carbocycles. The van der Waals surface area contributed by atoms with E-state index in [1.807, 2.05) is 0 Å². The van der Waals surface area contributed by atoms with Gasteiger partial charge in [0.2, 0.25) is 0 Å². The molecule has 0 heterocycles. The molecule has 0 unspecified atom stereocenters. The van der Waals surface area contributed by atoms with E-state index in [0.29, 0.717) is 6.42 Å². The monoisotopic (exact) mass is 442 g/mol. The van der Waals surface area contributed by atoms with E-state index in [1.54, 1.807) is 0 Å². The Balaban J connectivity index is -0.000000882. The molecule has 0 aromatic rings. The molecular formula is C18H42CaO7S. The molecule has 0 bridgehead atoms. The summed E-state index contributed by atoms with van der Waals surface area (Å²) in [6.07, 6.45) is 18.5. The molecule has 164 valence electrons. The standard InChI is InChI=1S/C18H36O5S.Ca.2H2O.2H/c1-2-3-4-5-6-7-8-9-10-11-12-13-14-15-16-17-18(19)23-24(20,21)22;;;;;/h2-17H2,1H3,(H,20,21,22);;2*1H2;;. The fourth-order valence-corrected chi connectivity index (χ4v) is 3.12. The average Bonchev–Trinajstić information content (AvgIpc) is 2.49. The molecule has 0 aliphatic rings. The molecule has 0 aromatic carbocycles. The summed E-state index contributed by atoms with van der Waals surface area (Å²) in [6, 6.07) is 0. The van der Waals surface area contributed by atoms with Crippen molar-refractivity contribution in [3.8, 4) is 0 Å². The van der Waals surface area contributed by atoms with Crippen molar-refractivity contribution in [2.75, 3.05) is 0 Å². The van der Waals surface area contributed by atoms with E-state index >= 15 is 0 Å². The van der Waals surface area contributed by atoms with Crippen LogP contribution in [0.1, 0.15) is 110 Å². The number of unbranched alkanes of at least 4 members (excludes halogenated alkanes) is 14. The first-order valence-electron chi connectivity index (χ1n) is 9.65. The molecule has 0 amide bonds. The molecule has 7 nitrogen and oxygen atoms in total. The van der Waals surface area contributed by atoms with Crippen molar-refractivity contribution in [2.24, 2.45) is 0 Å². The summed E-state index contributed by atoms with van der Waals surface area (Å²) in [5.41, 5.74) is 0. The van der Waals surface area contributed by atoms with Gasteiger partial charge >= 0.3 is 54.1 Å². The van der Waals surface area contributed by atoms with Crippen LogP contribution in [0.3, 0.4) is 0 Å². The second-order valence-corrected chi connectivity index (χ2v) is 7.60. The SMILES string of the molecule is CCCCCCCCCCCCCCCCCC(=O)OS(=O)(=O)O.O.O.[CaH2]. The van der Waals surface area contributed by atoms with Crippen LogP contribution in [0.15, 0.2) is 0 Å². The third-order valence-corrected chi connectivity index (χ3v) is 4.58. The molecule has 0 radical (unpaired) electrons. The summed E-state index contributed by atoms with van der Waals surface area (Å²) in [7, 11) is -4.64. The fraction of sp³-hybridized carbons (Fsp3) is 0.944. The van der Waals surface area contributed by atoms with Gasteiger partial charge in [-0.3, -0.25) is 9.35 Å². The van der Waals surface area contributed by atoms with E-state index in [2.05, 4.69) is 11.1 Å². The van der Waals surface area contributed by atoms with Crippen LogP contribution in [0, 0.1) is 0 Å². The zero-order valence-electron chi connectivity index (χ0n) is 16.3. The van der Waals surface area contributed by atoms with Crippen LogP contribution in [0.5, 0.6) is 0 Å². The van der Waals surface area contributed by atoms with Crippen molar-refractivity contribution < 1.29 is 32.9 Å². The van der Waals surface area contributed by atoms with Crippen molar-refractivity contribution in [3.63, 3.8) is 0 Å². The predicted octanol–water partition coefficient (Wildman–Crippen LogP) is 3.03. The first-order valence-corrected chi connectivity index (χ1v) is 11.0. The zero-order valence-corrected chi connectivity index (χ0v) is 17.1. The number of hydrogen-bond acceptors (Lipinski definition) is 4. The Kier molecular flexibility index (Phi) is 31.9. The third kappa shape index (κ3) is 31.5. The van der Waals surface area contributed by atoms with Crippen molar-refractivity contribution in [1.29, 1.82) is 0 Å². The third-order valence-electron chi connectivity index (χ3n) is 4.18. The van der Waals surface area contributed by atoms with Crippen LogP contribution in [0.2, 0.25) is 0 Å². The maximum absolute atomic E-state index is 11.0. The van der Waals surface area contributed by atoms with Gasteiger partial charge < -0.3 is 15.1 Å². The normalized spacial score (nSPS) is 10.3. The van der Waals surface area contributed by atoms with Gasteiger partial charge in [0.1, 0.15) is 0 Å². The molecule has 0 saturated heterocycles. The summed E-state index contributed by atoms with van der Waals surface area (Å²) in [5, 5.41) is 0. The van der Waals surface area contributed by atoms with Crippen LogP contribution in [0.4, 0.5) is 0 Å². The van der Waals surface area contributed by atoms with Gasteiger partial charge in [0.25, 0.3) is 0 Å². The molecule has 0 aliphatic carbocycles. The van der Waals surface area contributed by atoms with Crippen LogP contribution in [-0.4, -0.2) is 67.6 Å². The predicted molar refractivity (Wildman–Crippen MR) is 113 cm³/mol. The van der Waals surface area contributed by atoms with Gasteiger partial charge in [0.15, 0.2) is 0 Å². The van der Waals surface area contributed by atoms with Crippen LogP contribution in [-0.2, 0) is 19.4 Å². The molecule has 27 heavy (non-hydrogen) atoms. The van der Waals surface area contributed by atoms with Crippen molar-refractivity contribution in [3.05, 3.63) is 0 Å². The molecule has 0 aromatic heterocycles. The average molecular weight is 443 g/mol. The molecule has 9 heteroatoms. The molecule has 0 fully saturated rings. The molecular weight excluding hydrogens is 400 g/mol. The Morgan fingerprint density at radius 1 is 0.704 bits per heavy atom. The maximum atomic E-state index is 11.0. The van der Waals surface area contributed by atoms with Gasteiger partial charge in [-0.05, 0) is 6.42 Å². The summed E-state index contributed by atoms with van der Waals surface area (Å²) in [5.74, 6) is -0.882. The van der Waals surface area contributed by atoms with E-state index in [9.17, 15) is 13.2 Å². The zero-order chi connectivity index (χ0) is 18.1. The van der Waals surface area contributed by atoms with E-state index in [1.165, 1.54) is 70.6 Å². The Labute approximate surface area is 195 Å².